The maximum atomic E-state index is 4.58. The first kappa shape index (κ1) is 14.8. The van der Waals surface area contributed by atoms with Crippen molar-refractivity contribution >= 4 is 33.5 Å². The fourth-order valence-corrected chi connectivity index (χ4v) is 2.93. The Morgan fingerprint density at radius 1 is 1.41 bits per heavy atom. The lowest BCUT2D eigenvalue weighted by Crippen LogP contribution is -2.34. The van der Waals surface area contributed by atoms with Gasteiger partial charge in [0.25, 0.3) is 0 Å². The van der Waals surface area contributed by atoms with Gasteiger partial charge in [0.1, 0.15) is 16.2 Å². The lowest BCUT2D eigenvalue weighted by molar-refractivity contribution is 0.662. The fraction of sp³-hybridized carbons (Fsp3) is 0.667. The van der Waals surface area contributed by atoms with Crippen LogP contribution < -0.4 is 4.90 Å². The summed E-state index contributed by atoms with van der Waals surface area (Å²) in [6, 6.07) is 2.51. The Bertz CT molecular complexity index is 360. The molecule has 96 valence electrons. The third-order valence-electron chi connectivity index (χ3n) is 2.78. The molecule has 1 rings (SSSR count). The molecule has 17 heavy (non-hydrogen) atoms. The quantitative estimate of drug-likeness (QED) is 0.752. The lowest BCUT2D eigenvalue weighted by atomic mass is 10.2. The Balaban J connectivity index is 2.93. The van der Waals surface area contributed by atoms with Gasteiger partial charge in [-0.25, -0.2) is 9.97 Å². The molecule has 1 aromatic heterocycles. The van der Waals surface area contributed by atoms with Crippen LogP contribution >= 0.6 is 27.7 Å². The highest BCUT2D eigenvalue weighted by molar-refractivity contribution is 9.10. The molecule has 0 aliphatic carbocycles. The van der Waals surface area contributed by atoms with Crippen molar-refractivity contribution in [2.75, 3.05) is 24.0 Å². The monoisotopic (exact) mass is 317 g/mol. The minimum absolute atomic E-state index is 0.525. The normalized spacial score (nSPS) is 12.5. The number of hydrogen-bond donors (Lipinski definition) is 0. The van der Waals surface area contributed by atoms with Gasteiger partial charge < -0.3 is 4.90 Å². The Labute approximate surface area is 117 Å². The topological polar surface area (TPSA) is 29.0 Å². The van der Waals surface area contributed by atoms with E-state index in [1.54, 1.807) is 0 Å². The molecule has 1 unspecified atom stereocenters. The van der Waals surface area contributed by atoms with Crippen LogP contribution in [0, 0.1) is 0 Å². The van der Waals surface area contributed by atoms with Crippen molar-refractivity contribution in [3.63, 3.8) is 0 Å². The molecule has 3 nitrogen and oxygen atoms in total. The number of rotatable bonds is 6. The second kappa shape index (κ2) is 7.21. The average molecular weight is 318 g/mol. The van der Waals surface area contributed by atoms with Crippen molar-refractivity contribution in [3.05, 3.63) is 16.5 Å². The zero-order valence-electron chi connectivity index (χ0n) is 10.9. The molecule has 0 radical (unpaired) electrons. The highest BCUT2D eigenvalue weighted by Gasteiger charge is 2.15. The summed E-state index contributed by atoms with van der Waals surface area (Å²) in [5.41, 5.74) is 0. The second-order valence-corrected chi connectivity index (χ2v) is 5.67. The molecule has 0 N–H and O–H groups in total. The van der Waals surface area contributed by atoms with Gasteiger partial charge >= 0.3 is 0 Å². The van der Waals surface area contributed by atoms with Crippen molar-refractivity contribution in [2.45, 2.75) is 32.7 Å². The number of nitrogens with zero attached hydrogens (tertiary/aromatic N) is 3. The molecule has 5 heteroatoms. The summed E-state index contributed by atoms with van der Waals surface area (Å²) in [6.45, 7) is 4.29. The number of hydrogen-bond acceptors (Lipinski definition) is 4. The summed E-state index contributed by atoms with van der Waals surface area (Å²) in [6.07, 6.45) is 4.13. The van der Waals surface area contributed by atoms with Crippen LogP contribution in [0.5, 0.6) is 0 Å². The summed E-state index contributed by atoms with van der Waals surface area (Å²) >= 11 is 5.32. The molecule has 0 saturated heterocycles. The highest BCUT2D eigenvalue weighted by Crippen LogP contribution is 2.20. The van der Waals surface area contributed by atoms with E-state index in [9.17, 15) is 0 Å². The third-order valence-corrected chi connectivity index (χ3v) is 3.91. The van der Waals surface area contributed by atoms with Crippen molar-refractivity contribution in [1.29, 1.82) is 0 Å². The molecule has 0 bridgehead atoms. The Morgan fingerprint density at radius 2 is 2.12 bits per heavy atom. The van der Waals surface area contributed by atoms with Crippen LogP contribution in [-0.2, 0) is 6.42 Å². The maximum Gasteiger partial charge on any atom is 0.133 e. The number of thioether (sulfide) groups is 1. The summed E-state index contributed by atoms with van der Waals surface area (Å²) in [5.74, 6) is 3.01. The number of halogens is 1. The first-order valence-corrected chi connectivity index (χ1v) is 8.06. The van der Waals surface area contributed by atoms with Crippen molar-refractivity contribution in [1.82, 2.24) is 9.97 Å². The molecule has 0 aliphatic heterocycles. The van der Waals surface area contributed by atoms with E-state index < -0.39 is 0 Å². The Morgan fingerprint density at radius 3 is 2.65 bits per heavy atom. The molecule has 0 fully saturated rings. The molecule has 0 amide bonds. The van der Waals surface area contributed by atoms with Gasteiger partial charge in [-0.2, -0.15) is 11.8 Å². The van der Waals surface area contributed by atoms with Gasteiger partial charge in [0, 0.05) is 31.3 Å². The van der Waals surface area contributed by atoms with Gasteiger partial charge in [-0.05, 0) is 28.6 Å². The van der Waals surface area contributed by atoms with E-state index in [1.165, 1.54) is 0 Å². The largest absolute Gasteiger partial charge is 0.356 e. The average Bonchev–Trinajstić information content (AvgIpc) is 2.34. The van der Waals surface area contributed by atoms with Crippen LogP contribution in [-0.4, -0.2) is 35.1 Å². The maximum absolute atomic E-state index is 4.58. The van der Waals surface area contributed by atoms with E-state index in [0.29, 0.717) is 6.04 Å². The predicted octanol–water partition coefficient (Wildman–Crippen LogP) is 3.38. The van der Waals surface area contributed by atoms with E-state index >= 15 is 0 Å². The van der Waals surface area contributed by atoms with Gasteiger partial charge in [0.05, 0.1) is 0 Å². The van der Waals surface area contributed by atoms with Crippen molar-refractivity contribution < 1.29 is 0 Å². The van der Waals surface area contributed by atoms with E-state index in [0.717, 1.165) is 34.8 Å². The molecular weight excluding hydrogens is 298 g/mol. The zero-order valence-corrected chi connectivity index (χ0v) is 13.3. The first-order valence-electron chi connectivity index (χ1n) is 5.87. The lowest BCUT2D eigenvalue weighted by Gasteiger charge is -2.28. The smallest absolute Gasteiger partial charge is 0.133 e. The standard InChI is InChI=1S/C12H20BrN3S/c1-5-9(8-17-4)16(3)12-7-10(13)14-11(6-2)15-12/h7,9H,5-6,8H2,1-4H3. The summed E-state index contributed by atoms with van der Waals surface area (Å²) in [5, 5.41) is 0. The van der Waals surface area contributed by atoms with E-state index in [2.05, 4.69) is 57.9 Å². The Kier molecular flexibility index (Phi) is 6.27. The van der Waals surface area contributed by atoms with Crippen LogP contribution in [0.4, 0.5) is 5.82 Å². The van der Waals surface area contributed by atoms with Gasteiger partial charge in [-0.1, -0.05) is 13.8 Å². The summed E-state index contributed by atoms with van der Waals surface area (Å²) < 4.78 is 0.866. The first-order chi connectivity index (χ1) is 8.12. The van der Waals surface area contributed by atoms with Gasteiger partial charge in [-0.15, -0.1) is 0 Å². The molecule has 0 saturated carbocycles. The van der Waals surface area contributed by atoms with Crippen LogP contribution in [0.1, 0.15) is 26.1 Å². The second-order valence-electron chi connectivity index (χ2n) is 3.95. The van der Waals surface area contributed by atoms with Gasteiger partial charge in [0.2, 0.25) is 0 Å². The fourth-order valence-electron chi connectivity index (χ4n) is 1.67. The number of aryl methyl sites for hydroxylation is 1. The molecule has 0 aromatic carbocycles. The van der Waals surface area contributed by atoms with E-state index in [-0.39, 0.29) is 0 Å². The summed E-state index contributed by atoms with van der Waals surface area (Å²) in [7, 11) is 2.11. The van der Waals surface area contributed by atoms with Gasteiger partial charge in [0.15, 0.2) is 0 Å². The van der Waals surface area contributed by atoms with E-state index in [1.807, 2.05) is 17.8 Å². The summed E-state index contributed by atoms with van der Waals surface area (Å²) in [4.78, 5) is 11.2. The molecule has 1 aromatic rings. The number of anilines is 1. The molecular formula is C12H20BrN3S. The minimum atomic E-state index is 0.525. The highest BCUT2D eigenvalue weighted by atomic mass is 79.9. The SMILES string of the molecule is CCc1nc(Br)cc(N(C)C(CC)CSC)n1. The molecule has 1 atom stereocenters. The zero-order chi connectivity index (χ0) is 12.8. The van der Waals surface area contributed by atoms with Crippen LogP contribution in [0.3, 0.4) is 0 Å². The third kappa shape index (κ3) is 4.14. The van der Waals surface area contributed by atoms with Crippen LogP contribution in [0.2, 0.25) is 0 Å². The predicted molar refractivity (Wildman–Crippen MR) is 80.0 cm³/mol. The minimum Gasteiger partial charge on any atom is -0.356 e. The van der Waals surface area contributed by atoms with E-state index in [4.69, 9.17) is 0 Å². The molecule has 0 spiro atoms. The molecule has 1 heterocycles. The van der Waals surface area contributed by atoms with Gasteiger partial charge in [-0.3, -0.25) is 0 Å². The van der Waals surface area contributed by atoms with Crippen LogP contribution in [0.25, 0.3) is 0 Å². The Hall–Kier alpha value is -0.290. The molecule has 0 aliphatic rings. The van der Waals surface area contributed by atoms with Crippen LogP contribution in [0.15, 0.2) is 10.7 Å². The van der Waals surface area contributed by atoms with Crippen molar-refractivity contribution in [3.8, 4) is 0 Å². The number of aromatic nitrogens is 2. The van der Waals surface area contributed by atoms with Crippen molar-refractivity contribution in [2.24, 2.45) is 0 Å².